The molecule has 0 radical (unpaired) electrons. The van der Waals surface area contributed by atoms with Crippen molar-refractivity contribution in [2.45, 2.75) is 6.92 Å². The summed E-state index contributed by atoms with van der Waals surface area (Å²) in [7, 11) is 0. The minimum Gasteiger partial charge on any atom is -0.267 e. The van der Waals surface area contributed by atoms with Crippen LogP contribution in [0.25, 0.3) is 22.1 Å². The summed E-state index contributed by atoms with van der Waals surface area (Å²) in [5.41, 5.74) is 2.64. The van der Waals surface area contributed by atoms with Crippen LogP contribution >= 0.6 is 11.3 Å². The maximum Gasteiger partial charge on any atom is 0.274 e. The molecule has 0 spiro atoms. The van der Waals surface area contributed by atoms with Gasteiger partial charge in [-0.05, 0) is 30.7 Å². The van der Waals surface area contributed by atoms with E-state index in [2.05, 4.69) is 4.98 Å². The Bertz CT molecular complexity index is 1220. The fourth-order valence-corrected chi connectivity index (χ4v) is 3.66. The summed E-state index contributed by atoms with van der Waals surface area (Å²) in [6.07, 6.45) is 1.67. The molecule has 0 aliphatic carbocycles. The molecule has 0 atom stereocenters. The summed E-state index contributed by atoms with van der Waals surface area (Å²) in [4.78, 5) is 28.4. The third-order valence-corrected chi connectivity index (χ3v) is 4.84. The first-order chi connectivity index (χ1) is 11.5. The van der Waals surface area contributed by atoms with Gasteiger partial charge in [-0.3, -0.25) is 14.9 Å². The van der Waals surface area contributed by atoms with Gasteiger partial charge in [-0.2, -0.15) is 0 Å². The highest BCUT2D eigenvalue weighted by atomic mass is 32.1. The molecule has 2 aromatic carbocycles. The first kappa shape index (κ1) is 14.5. The van der Waals surface area contributed by atoms with Crippen LogP contribution in [0.2, 0.25) is 0 Å². The zero-order valence-corrected chi connectivity index (χ0v) is 13.4. The van der Waals surface area contributed by atoms with E-state index in [4.69, 9.17) is 0 Å². The fraction of sp³-hybridized carbons (Fsp3) is 0.0588. The molecule has 24 heavy (non-hydrogen) atoms. The van der Waals surface area contributed by atoms with Crippen molar-refractivity contribution in [3.05, 3.63) is 78.6 Å². The first-order valence-corrected chi connectivity index (χ1v) is 8.03. The minimum atomic E-state index is -0.417. The number of hydrogen-bond donors (Lipinski definition) is 0. The highest BCUT2D eigenvalue weighted by Gasteiger charge is 2.12. The number of aryl methyl sites for hydroxylation is 1. The number of nitro groups is 1. The molecule has 0 aliphatic heterocycles. The molecule has 0 saturated heterocycles. The van der Waals surface area contributed by atoms with Crippen molar-refractivity contribution in [3.8, 4) is 0 Å². The van der Waals surface area contributed by atoms with Gasteiger partial charge in [0.05, 0.1) is 20.5 Å². The fourth-order valence-electron chi connectivity index (χ4n) is 2.68. The SMILES string of the molecule is Cc1ccc(/C=c2\sc3nc4ccccc4n3c2=O)cc1[N+](=O)[O-]. The number of nitro benzene ring substituents is 1. The van der Waals surface area contributed by atoms with Crippen molar-refractivity contribution in [1.29, 1.82) is 0 Å². The molecular formula is C17H11N3O3S. The van der Waals surface area contributed by atoms with E-state index in [1.807, 2.05) is 24.3 Å². The Morgan fingerprint density at radius 1 is 1.25 bits per heavy atom. The van der Waals surface area contributed by atoms with Crippen LogP contribution in [0, 0.1) is 17.0 Å². The number of para-hydroxylation sites is 2. The van der Waals surface area contributed by atoms with Crippen molar-refractivity contribution < 1.29 is 4.92 Å². The Labute approximate surface area is 139 Å². The summed E-state index contributed by atoms with van der Waals surface area (Å²) in [5.74, 6) is 0. The number of hydrogen-bond acceptors (Lipinski definition) is 5. The van der Waals surface area contributed by atoms with Gasteiger partial charge in [0.15, 0.2) is 4.96 Å². The predicted octanol–water partition coefficient (Wildman–Crippen LogP) is 2.67. The monoisotopic (exact) mass is 337 g/mol. The van der Waals surface area contributed by atoms with Crippen LogP contribution < -0.4 is 10.1 Å². The van der Waals surface area contributed by atoms with Gasteiger partial charge in [0, 0.05) is 11.6 Å². The van der Waals surface area contributed by atoms with Gasteiger partial charge < -0.3 is 0 Å². The lowest BCUT2D eigenvalue weighted by molar-refractivity contribution is -0.385. The van der Waals surface area contributed by atoms with E-state index in [9.17, 15) is 14.9 Å². The van der Waals surface area contributed by atoms with Crippen molar-refractivity contribution in [3.63, 3.8) is 0 Å². The number of imidazole rings is 1. The van der Waals surface area contributed by atoms with Gasteiger partial charge in [0.2, 0.25) is 0 Å². The van der Waals surface area contributed by atoms with Crippen LogP contribution in [0.5, 0.6) is 0 Å². The molecule has 0 aliphatic rings. The average molecular weight is 337 g/mol. The molecule has 0 unspecified atom stereocenters. The van der Waals surface area contributed by atoms with E-state index in [1.165, 1.54) is 17.4 Å². The summed E-state index contributed by atoms with van der Waals surface area (Å²) in [6.45, 7) is 1.69. The second-order valence-corrected chi connectivity index (χ2v) is 6.45. The normalized spacial score (nSPS) is 12.3. The van der Waals surface area contributed by atoms with Crippen molar-refractivity contribution >= 4 is 39.1 Å². The molecule has 7 heteroatoms. The first-order valence-electron chi connectivity index (χ1n) is 7.21. The maximum atomic E-state index is 12.7. The number of thiazole rings is 1. The lowest BCUT2D eigenvalue weighted by Crippen LogP contribution is -2.22. The van der Waals surface area contributed by atoms with Crippen LogP contribution in [0.3, 0.4) is 0 Å². The summed E-state index contributed by atoms with van der Waals surface area (Å²) in [5, 5.41) is 11.1. The largest absolute Gasteiger partial charge is 0.274 e. The van der Waals surface area contributed by atoms with Gasteiger partial charge in [-0.1, -0.05) is 35.6 Å². The van der Waals surface area contributed by atoms with Crippen molar-refractivity contribution in [1.82, 2.24) is 9.38 Å². The van der Waals surface area contributed by atoms with Crippen molar-refractivity contribution in [2.75, 3.05) is 0 Å². The van der Waals surface area contributed by atoms with E-state index in [-0.39, 0.29) is 11.2 Å². The quantitative estimate of drug-likeness (QED) is 0.416. The molecule has 0 saturated carbocycles. The Morgan fingerprint density at radius 2 is 2.04 bits per heavy atom. The van der Waals surface area contributed by atoms with E-state index in [0.717, 1.165) is 11.0 Å². The van der Waals surface area contributed by atoms with Gasteiger partial charge in [-0.15, -0.1) is 0 Å². The molecule has 118 valence electrons. The van der Waals surface area contributed by atoms with E-state index >= 15 is 0 Å². The second kappa shape index (κ2) is 5.24. The molecule has 0 bridgehead atoms. The predicted molar refractivity (Wildman–Crippen MR) is 93.5 cm³/mol. The molecule has 4 rings (SSSR count). The van der Waals surface area contributed by atoms with Crippen LogP contribution in [0.1, 0.15) is 11.1 Å². The lowest BCUT2D eigenvalue weighted by atomic mass is 10.1. The third kappa shape index (κ3) is 2.17. The molecule has 0 amide bonds. The molecular weight excluding hydrogens is 326 g/mol. The standard InChI is InChI=1S/C17H11N3O3S/c1-10-6-7-11(8-14(10)20(22)23)9-15-16(21)19-13-5-3-2-4-12(13)18-17(19)24-15/h2-9H,1H3/b15-9-. The van der Waals surface area contributed by atoms with Crippen LogP contribution in [-0.4, -0.2) is 14.3 Å². The number of aromatic nitrogens is 2. The molecule has 4 aromatic rings. The Hall–Kier alpha value is -3.06. The molecule has 2 aromatic heterocycles. The minimum absolute atomic E-state index is 0.0444. The summed E-state index contributed by atoms with van der Waals surface area (Å²) < 4.78 is 2.08. The average Bonchev–Trinajstić information content (AvgIpc) is 3.06. The Morgan fingerprint density at radius 3 is 2.83 bits per heavy atom. The highest BCUT2D eigenvalue weighted by molar-refractivity contribution is 7.15. The number of nitrogens with zero attached hydrogens (tertiary/aromatic N) is 3. The second-order valence-electron chi connectivity index (χ2n) is 5.44. The zero-order valence-electron chi connectivity index (χ0n) is 12.6. The summed E-state index contributed by atoms with van der Waals surface area (Å²) in [6, 6.07) is 12.4. The van der Waals surface area contributed by atoms with Crippen LogP contribution in [0.15, 0.2) is 47.3 Å². The van der Waals surface area contributed by atoms with Gasteiger partial charge in [0.25, 0.3) is 11.2 Å². The smallest absolute Gasteiger partial charge is 0.267 e. The molecule has 0 fully saturated rings. The maximum absolute atomic E-state index is 12.7. The molecule has 0 N–H and O–H groups in total. The van der Waals surface area contributed by atoms with Gasteiger partial charge in [0.1, 0.15) is 0 Å². The topological polar surface area (TPSA) is 77.5 Å². The molecule has 6 nitrogen and oxygen atoms in total. The Balaban J connectivity index is 1.95. The Kier molecular flexibility index (Phi) is 3.17. The number of rotatable bonds is 2. The lowest BCUT2D eigenvalue weighted by Gasteiger charge is -1.97. The van der Waals surface area contributed by atoms with Crippen molar-refractivity contribution in [2.24, 2.45) is 0 Å². The third-order valence-electron chi connectivity index (χ3n) is 3.87. The number of benzene rings is 2. The van der Waals surface area contributed by atoms with Gasteiger partial charge in [-0.25, -0.2) is 9.38 Å². The summed E-state index contributed by atoms with van der Waals surface area (Å²) >= 11 is 1.28. The molecule has 2 heterocycles. The van der Waals surface area contributed by atoms with Crippen LogP contribution in [0.4, 0.5) is 5.69 Å². The van der Waals surface area contributed by atoms with Gasteiger partial charge >= 0.3 is 0 Å². The van der Waals surface area contributed by atoms with Crippen LogP contribution in [-0.2, 0) is 0 Å². The van der Waals surface area contributed by atoms with E-state index in [0.29, 0.717) is 20.6 Å². The highest BCUT2D eigenvalue weighted by Crippen LogP contribution is 2.20. The number of fused-ring (bicyclic) bond motifs is 3. The zero-order chi connectivity index (χ0) is 16.8. The van der Waals surface area contributed by atoms with E-state index < -0.39 is 4.92 Å². The van der Waals surface area contributed by atoms with E-state index in [1.54, 1.807) is 29.5 Å².